The molecule has 3 aromatic rings. The highest BCUT2D eigenvalue weighted by atomic mass is 32.2. The van der Waals surface area contributed by atoms with Gasteiger partial charge in [0.05, 0.1) is 19.5 Å². The van der Waals surface area contributed by atoms with Crippen LogP contribution in [0.25, 0.3) is 11.5 Å². The number of hydrogen-bond donors (Lipinski definition) is 1. The Bertz CT molecular complexity index is 956. The van der Waals surface area contributed by atoms with Crippen molar-refractivity contribution < 1.29 is 23.1 Å². The quantitative estimate of drug-likeness (QED) is 0.560. The molecule has 0 fully saturated rings. The van der Waals surface area contributed by atoms with Gasteiger partial charge >= 0.3 is 0 Å². The molecular formula is C20H20FN3O4S. The van der Waals surface area contributed by atoms with E-state index < -0.39 is 5.25 Å². The Kier molecular flexibility index (Phi) is 6.71. The minimum absolute atomic E-state index is 0.192. The SMILES string of the molecule is COc1cc(OC)cc(-c2nnc(S[C@@H](C)C(=O)NCc3ccc(F)cc3)o2)c1. The highest BCUT2D eigenvalue weighted by Crippen LogP contribution is 2.31. The number of amides is 1. The third-order valence-electron chi connectivity index (χ3n) is 4.03. The van der Waals surface area contributed by atoms with Crippen molar-refractivity contribution in [3.63, 3.8) is 0 Å². The zero-order chi connectivity index (χ0) is 20.8. The van der Waals surface area contributed by atoms with E-state index in [2.05, 4.69) is 15.5 Å². The number of nitrogens with zero attached hydrogens (tertiary/aromatic N) is 2. The molecular weight excluding hydrogens is 397 g/mol. The fourth-order valence-corrected chi connectivity index (χ4v) is 3.15. The van der Waals surface area contributed by atoms with Gasteiger partial charge in [0, 0.05) is 18.2 Å². The summed E-state index contributed by atoms with van der Waals surface area (Å²) in [5.41, 5.74) is 1.46. The van der Waals surface area contributed by atoms with Crippen molar-refractivity contribution >= 4 is 17.7 Å². The lowest BCUT2D eigenvalue weighted by atomic mass is 10.2. The third kappa shape index (κ3) is 5.47. The highest BCUT2D eigenvalue weighted by molar-refractivity contribution is 8.00. The summed E-state index contributed by atoms with van der Waals surface area (Å²) in [7, 11) is 3.11. The largest absolute Gasteiger partial charge is 0.497 e. The molecule has 3 rings (SSSR count). The van der Waals surface area contributed by atoms with Gasteiger partial charge in [-0.05, 0) is 36.8 Å². The number of nitrogens with one attached hydrogen (secondary N) is 1. The number of ether oxygens (including phenoxy) is 2. The van der Waals surface area contributed by atoms with Crippen LogP contribution in [0.5, 0.6) is 11.5 Å². The number of aromatic nitrogens is 2. The predicted molar refractivity (Wildman–Crippen MR) is 106 cm³/mol. The number of hydrogen-bond acceptors (Lipinski definition) is 7. The number of methoxy groups -OCH3 is 2. The van der Waals surface area contributed by atoms with Gasteiger partial charge in [0.1, 0.15) is 17.3 Å². The van der Waals surface area contributed by atoms with Crippen molar-refractivity contribution in [3.8, 4) is 23.0 Å². The molecule has 0 spiro atoms. The Morgan fingerprint density at radius 1 is 1.14 bits per heavy atom. The summed E-state index contributed by atoms with van der Waals surface area (Å²) < 4.78 is 29.1. The molecule has 152 valence electrons. The Balaban J connectivity index is 1.61. The fourth-order valence-electron chi connectivity index (χ4n) is 2.44. The number of thioether (sulfide) groups is 1. The standard InChI is InChI=1S/C20H20FN3O4S/c1-12(18(25)22-11-13-4-6-15(21)7-5-13)29-20-24-23-19(28-20)14-8-16(26-2)10-17(9-14)27-3/h4-10,12H,11H2,1-3H3,(H,22,25)/t12-/m0/s1. The van der Waals surface area contributed by atoms with Crippen LogP contribution in [0, 0.1) is 5.82 Å². The molecule has 1 amide bonds. The van der Waals surface area contributed by atoms with Crippen molar-refractivity contribution in [1.29, 1.82) is 0 Å². The first-order chi connectivity index (χ1) is 14.0. The summed E-state index contributed by atoms with van der Waals surface area (Å²) in [6.07, 6.45) is 0. The number of halogens is 1. The Labute approximate surface area is 171 Å². The molecule has 0 saturated heterocycles. The third-order valence-corrected chi connectivity index (χ3v) is 4.97. The molecule has 29 heavy (non-hydrogen) atoms. The Morgan fingerprint density at radius 2 is 1.79 bits per heavy atom. The molecule has 0 unspecified atom stereocenters. The van der Waals surface area contributed by atoms with Crippen LogP contribution in [0.15, 0.2) is 52.1 Å². The number of carbonyl (C=O) groups excluding carboxylic acids is 1. The van der Waals surface area contributed by atoms with Crippen molar-refractivity contribution in [3.05, 3.63) is 53.8 Å². The van der Waals surface area contributed by atoms with Crippen LogP contribution in [-0.2, 0) is 11.3 Å². The second kappa shape index (κ2) is 9.42. The molecule has 0 aliphatic carbocycles. The van der Waals surface area contributed by atoms with Gasteiger partial charge in [0.15, 0.2) is 0 Å². The lowest BCUT2D eigenvalue weighted by Gasteiger charge is -2.10. The molecule has 0 bridgehead atoms. The maximum Gasteiger partial charge on any atom is 0.277 e. The van der Waals surface area contributed by atoms with E-state index >= 15 is 0 Å². The number of carbonyl (C=O) groups is 1. The molecule has 1 aromatic heterocycles. The van der Waals surface area contributed by atoms with Gasteiger partial charge < -0.3 is 19.2 Å². The first-order valence-corrected chi connectivity index (χ1v) is 9.62. The fraction of sp³-hybridized carbons (Fsp3) is 0.250. The lowest BCUT2D eigenvalue weighted by Crippen LogP contribution is -2.30. The van der Waals surface area contributed by atoms with Crippen LogP contribution >= 0.6 is 11.8 Å². The van der Waals surface area contributed by atoms with Crippen LogP contribution in [-0.4, -0.2) is 35.6 Å². The van der Waals surface area contributed by atoms with E-state index in [1.807, 2.05) is 0 Å². The summed E-state index contributed by atoms with van der Waals surface area (Å²) in [4.78, 5) is 12.3. The molecule has 1 atom stereocenters. The molecule has 1 N–H and O–H groups in total. The van der Waals surface area contributed by atoms with Gasteiger partial charge in [-0.15, -0.1) is 10.2 Å². The zero-order valence-corrected chi connectivity index (χ0v) is 17.0. The van der Waals surface area contributed by atoms with E-state index in [-0.39, 0.29) is 16.9 Å². The van der Waals surface area contributed by atoms with Crippen molar-refractivity contribution in [2.75, 3.05) is 14.2 Å². The van der Waals surface area contributed by atoms with Crippen molar-refractivity contribution in [2.45, 2.75) is 23.9 Å². The van der Waals surface area contributed by atoms with E-state index in [1.165, 1.54) is 12.1 Å². The van der Waals surface area contributed by atoms with Gasteiger partial charge in [-0.1, -0.05) is 23.9 Å². The van der Waals surface area contributed by atoms with Gasteiger partial charge in [-0.2, -0.15) is 0 Å². The molecule has 7 nitrogen and oxygen atoms in total. The van der Waals surface area contributed by atoms with E-state index in [0.717, 1.165) is 17.3 Å². The van der Waals surface area contributed by atoms with Crippen LogP contribution in [0.1, 0.15) is 12.5 Å². The topological polar surface area (TPSA) is 86.5 Å². The second-order valence-electron chi connectivity index (χ2n) is 6.08. The maximum atomic E-state index is 12.9. The lowest BCUT2D eigenvalue weighted by molar-refractivity contribution is -0.120. The van der Waals surface area contributed by atoms with E-state index in [0.29, 0.717) is 29.5 Å². The van der Waals surface area contributed by atoms with Crippen LogP contribution in [0.3, 0.4) is 0 Å². The summed E-state index contributed by atoms with van der Waals surface area (Å²) in [5, 5.41) is 10.6. The molecule has 0 saturated carbocycles. The van der Waals surface area contributed by atoms with Crippen LogP contribution < -0.4 is 14.8 Å². The van der Waals surface area contributed by atoms with Crippen molar-refractivity contribution in [1.82, 2.24) is 15.5 Å². The highest BCUT2D eigenvalue weighted by Gasteiger charge is 2.19. The predicted octanol–water partition coefficient (Wildman–Crippen LogP) is 3.69. The van der Waals surface area contributed by atoms with Crippen LogP contribution in [0.4, 0.5) is 4.39 Å². The average molecular weight is 417 g/mol. The van der Waals surface area contributed by atoms with Gasteiger partial charge in [-0.3, -0.25) is 4.79 Å². The number of rotatable bonds is 8. The monoisotopic (exact) mass is 417 g/mol. The van der Waals surface area contributed by atoms with Crippen molar-refractivity contribution in [2.24, 2.45) is 0 Å². The molecule has 2 aromatic carbocycles. The van der Waals surface area contributed by atoms with E-state index in [4.69, 9.17) is 13.9 Å². The molecule has 1 heterocycles. The molecule has 0 aliphatic rings. The number of benzene rings is 2. The summed E-state index contributed by atoms with van der Waals surface area (Å²) >= 11 is 1.15. The summed E-state index contributed by atoms with van der Waals surface area (Å²) in [6.45, 7) is 2.05. The average Bonchev–Trinajstić information content (AvgIpc) is 3.21. The minimum atomic E-state index is -0.455. The van der Waals surface area contributed by atoms with Gasteiger partial charge in [0.25, 0.3) is 5.22 Å². The summed E-state index contributed by atoms with van der Waals surface area (Å²) in [5.74, 6) is 0.983. The molecule has 0 radical (unpaired) electrons. The smallest absolute Gasteiger partial charge is 0.277 e. The minimum Gasteiger partial charge on any atom is -0.497 e. The Hall–Kier alpha value is -3.07. The Morgan fingerprint density at radius 3 is 2.41 bits per heavy atom. The maximum absolute atomic E-state index is 12.9. The first-order valence-electron chi connectivity index (χ1n) is 8.74. The van der Waals surface area contributed by atoms with E-state index in [1.54, 1.807) is 51.5 Å². The second-order valence-corrected chi connectivity index (χ2v) is 7.37. The van der Waals surface area contributed by atoms with E-state index in [9.17, 15) is 9.18 Å². The normalized spacial score (nSPS) is 11.7. The first kappa shape index (κ1) is 20.7. The molecule has 9 heteroatoms. The van der Waals surface area contributed by atoms with Gasteiger partial charge in [-0.25, -0.2) is 4.39 Å². The van der Waals surface area contributed by atoms with Gasteiger partial charge in [0.2, 0.25) is 11.8 Å². The molecule has 0 aliphatic heterocycles. The van der Waals surface area contributed by atoms with Crippen LogP contribution in [0.2, 0.25) is 0 Å². The summed E-state index contributed by atoms with van der Waals surface area (Å²) in [6, 6.07) is 11.2. The zero-order valence-electron chi connectivity index (χ0n) is 16.1.